The molecule has 0 radical (unpaired) electrons. The number of ether oxygens (including phenoxy) is 1. The number of carbonyl (C=O) groups excluding carboxylic acids is 2. The number of H-pyrrole nitrogens is 1. The number of amides is 2. The van der Waals surface area contributed by atoms with Crippen molar-refractivity contribution in [3.63, 3.8) is 0 Å². The number of nitrogens with zero attached hydrogens (tertiary/aromatic N) is 3. The summed E-state index contributed by atoms with van der Waals surface area (Å²) < 4.78 is 5.40. The summed E-state index contributed by atoms with van der Waals surface area (Å²) in [6, 6.07) is -0.0717. The number of hydroxylamine groups is 2. The van der Waals surface area contributed by atoms with Gasteiger partial charge in [-0.2, -0.15) is 5.10 Å². The van der Waals surface area contributed by atoms with Crippen LogP contribution in [0.3, 0.4) is 0 Å². The number of fused-ring (bicyclic) bond motifs is 1. The summed E-state index contributed by atoms with van der Waals surface area (Å²) >= 11 is 0. The van der Waals surface area contributed by atoms with Gasteiger partial charge in [-0.15, -0.1) is 0 Å². The second kappa shape index (κ2) is 5.60. The first-order valence-electron chi connectivity index (χ1n) is 7.13. The standard InChI is InChI=1S/C14H22N4O4/c1-8-6-10-9(11(16-15-10)12(19)17(5)21)7-18(8)13(20)22-14(2,3)4/h8,21H,6-7H2,1-5H3,(H,15,16)/t8-/m1/s1. The van der Waals surface area contributed by atoms with Crippen LogP contribution in [0.15, 0.2) is 0 Å². The zero-order chi connectivity index (χ0) is 16.7. The molecule has 1 aliphatic heterocycles. The molecule has 2 amide bonds. The fraction of sp³-hybridized carbons (Fsp3) is 0.643. The first kappa shape index (κ1) is 16.3. The maximum atomic E-state index is 12.3. The average Bonchev–Trinajstić information content (AvgIpc) is 2.77. The predicted octanol–water partition coefficient (Wildman–Crippen LogP) is 1.55. The zero-order valence-corrected chi connectivity index (χ0v) is 13.5. The van der Waals surface area contributed by atoms with Gasteiger partial charge in [0.15, 0.2) is 5.69 Å². The van der Waals surface area contributed by atoms with E-state index in [1.54, 1.807) is 25.7 Å². The van der Waals surface area contributed by atoms with E-state index >= 15 is 0 Å². The molecule has 1 aliphatic rings. The molecule has 2 N–H and O–H groups in total. The normalized spacial score (nSPS) is 17.9. The van der Waals surface area contributed by atoms with Gasteiger partial charge in [-0.25, -0.2) is 9.86 Å². The molecule has 1 aromatic rings. The fourth-order valence-corrected chi connectivity index (χ4v) is 2.37. The van der Waals surface area contributed by atoms with Crippen molar-refractivity contribution in [2.24, 2.45) is 0 Å². The Morgan fingerprint density at radius 2 is 2.09 bits per heavy atom. The van der Waals surface area contributed by atoms with Crippen LogP contribution >= 0.6 is 0 Å². The SMILES string of the molecule is C[C@@H]1Cc2[nH]nc(C(=O)N(C)O)c2CN1C(=O)OC(C)(C)C. The van der Waals surface area contributed by atoms with E-state index in [4.69, 9.17) is 4.74 Å². The Balaban J connectivity index is 2.26. The third-order valence-corrected chi connectivity index (χ3v) is 3.44. The number of carbonyl (C=O) groups is 2. The van der Waals surface area contributed by atoms with E-state index in [1.807, 2.05) is 6.92 Å². The molecule has 2 rings (SSSR count). The summed E-state index contributed by atoms with van der Waals surface area (Å²) in [5, 5.41) is 16.6. The molecule has 0 unspecified atom stereocenters. The maximum absolute atomic E-state index is 12.3. The highest BCUT2D eigenvalue weighted by molar-refractivity contribution is 5.93. The highest BCUT2D eigenvalue weighted by Gasteiger charge is 2.34. The van der Waals surface area contributed by atoms with E-state index in [1.165, 1.54) is 7.05 Å². The summed E-state index contributed by atoms with van der Waals surface area (Å²) in [4.78, 5) is 25.8. The third-order valence-electron chi connectivity index (χ3n) is 3.44. The minimum absolute atomic E-state index is 0.0717. The van der Waals surface area contributed by atoms with Crippen molar-refractivity contribution in [2.75, 3.05) is 7.05 Å². The Morgan fingerprint density at radius 1 is 1.45 bits per heavy atom. The summed E-state index contributed by atoms with van der Waals surface area (Å²) in [6.07, 6.45) is 0.117. The first-order chi connectivity index (χ1) is 10.1. The Kier molecular flexibility index (Phi) is 4.15. The van der Waals surface area contributed by atoms with Crippen LogP contribution in [-0.4, -0.2) is 56.1 Å². The van der Waals surface area contributed by atoms with E-state index in [2.05, 4.69) is 10.2 Å². The molecule has 0 spiro atoms. The minimum Gasteiger partial charge on any atom is -0.444 e. The van der Waals surface area contributed by atoms with Crippen LogP contribution in [0, 0.1) is 0 Å². The molecule has 8 heteroatoms. The van der Waals surface area contributed by atoms with E-state index in [9.17, 15) is 14.8 Å². The monoisotopic (exact) mass is 310 g/mol. The van der Waals surface area contributed by atoms with Gasteiger partial charge in [-0.1, -0.05) is 0 Å². The molecular weight excluding hydrogens is 288 g/mol. The predicted molar refractivity (Wildman–Crippen MR) is 77.4 cm³/mol. The van der Waals surface area contributed by atoms with E-state index in [-0.39, 0.29) is 18.3 Å². The summed E-state index contributed by atoms with van der Waals surface area (Å²) in [7, 11) is 1.24. The number of rotatable bonds is 1. The summed E-state index contributed by atoms with van der Waals surface area (Å²) in [5.74, 6) is -0.615. The van der Waals surface area contributed by atoms with Gasteiger partial charge in [-0.05, 0) is 27.7 Å². The number of aromatic amines is 1. The lowest BCUT2D eigenvalue weighted by Crippen LogP contribution is -2.45. The van der Waals surface area contributed by atoms with Gasteiger partial charge in [0, 0.05) is 30.8 Å². The van der Waals surface area contributed by atoms with Crippen molar-refractivity contribution in [1.29, 1.82) is 0 Å². The summed E-state index contributed by atoms with van der Waals surface area (Å²) in [5.41, 5.74) is 0.963. The lowest BCUT2D eigenvalue weighted by Gasteiger charge is -2.34. The van der Waals surface area contributed by atoms with Crippen LogP contribution in [0.25, 0.3) is 0 Å². The second-order valence-electron chi connectivity index (χ2n) is 6.52. The molecule has 0 aromatic carbocycles. The van der Waals surface area contributed by atoms with Gasteiger partial charge in [0.2, 0.25) is 0 Å². The van der Waals surface area contributed by atoms with Gasteiger partial charge in [-0.3, -0.25) is 15.1 Å². The summed E-state index contributed by atoms with van der Waals surface area (Å²) in [6.45, 7) is 7.54. The number of aromatic nitrogens is 2. The van der Waals surface area contributed by atoms with Gasteiger partial charge in [0.25, 0.3) is 5.91 Å². The van der Waals surface area contributed by atoms with Crippen molar-refractivity contribution >= 4 is 12.0 Å². The van der Waals surface area contributed by atoms with Crippen molar-refractivity contribution in [1.82, 2.24) is 20.2 Å². The molecule has 8 nitrogen and oxygen atoms in total. The van der Waals surface area contributed by atoms with Gasteiger partial charge in [0.05, 0.1) is 6.54 Å². The van der Waals surface area contributed by atoms with E-state index in [0.717, 1.165) is 5.69 Å². The molecule has 0 bridgehead atoms. The Morgan fingerprint density at radius 3 is 2.64 bits per heavy atom. The van der Waals surface area contributed by atoms with E-state index in [0.29, 0.717) is 17.0 Å². The molecular formula is C14H22N4O4. The molecule has 0 saturated carbocycles. The largest absolute Gasteiger partial charge is 0.444 e. The molecule has 22 heavy (non-hydrogen) atoms. The molecule has 0 fully saturated rings. The molecule has 1 aromatic heterocycles. The fourth-order valence-electron chi connectivity index (χ4n) is 2.37. The van der Waals surface area contributed by atoms with Crippen LogP contribution in [0.5, 0.6) is 0 Å². The molecule has 2 heterocycles. The minimum atomic E-state index is -0.615. The highest BCUT2D eigenvalue weighted by Crippen LogP contribution is 2.26. The molecule has 122 valence electrons. The Bertz CT molecular complexity index is 588. The van der Waals surface area contributed by atoms with E-state index < -0.39 is 17.6 Å². The Labute approximate surface area is 129 Å². The van der Waals surface area contributed by atoms with Crippen LogP contribution in [-0.2, 0) is 17.7 Å². The first-order valence-corrected chi connectivity index (χ1v) is 7.13. The number of nitrogens with one attached hydrogen (secondary N) is 1. The second-order valence-corrected chi connectivity index (χ2v) is 6.52. The lowest BCUT2D eigenvalue weighted by molar-refractivity contribution is -0.0381. The topological polar surface area (TPSA) is 98.8 Å². The van der Waals surface area contributed by atoms with Crippen LogP contribution in [0.1, 0.15) is 49.4 Å². The van der Waals surface area contributed by atoms with Crippen molar-refractivity contribution in [2.45, 2.75) is 52.3 Å². The third kappa shape index (κ3) is 3.22. The van der Waals surface area contributed by atoms with Crippen molar-refractivity contribution in [3.8, 4) is 0 Å². The van der Waals surface area contributed by atoms with Crippen LogP contribution in [0.2, 0.25) is 0 Å². The molecule has 0 aliphatic carbocycles. The van der Waals surface area contributed by atoms with Crippen molar-refractivity contribution in [3.05, 3.63) is 17.0 Å². The van der Waals surface area contributed by atoms with Gasteiger partial charge >= 0.3 is 6.09 Å². The lowest BCUT2D eigenvalue weighted by atomic mass is 10.00. The quantitative estimate of drug-likeness (QED) is 0.606. The smallest absolute Gasteiger partial charge is 0.410 e. The van der Waals surface area contributed by atoms with Gasteiger partial charge in [0.1, 0.15) is 5.60 Å². The van der Waals surface area contributed by atoms with Crippen LogP contribution < -0.4 is 0 Å². The zero-order valence-electron chi connectivity index (χ0n) is 13.5. The highest BCUT2D eigenvalue weighted by atomic mass is 16.6. The Hall–Kier alpha value is -2.09. The maximum Gasteiger partial charge on any atom is 0.410 e. The molecule has 0 saturated heterocycles. The molecule has 1 atom stereocenters. The van der Waals surface area contributed by atoms with Crippen molar-refractivity contribution < 1.29 is 19.5 Å². The number of hydrogen-bond donors (Lipinski definition) is 2. The van der Waals surface area contributed by atoms with Gasteiger partial charge < -0.3 is 9.64 Å². The van der Waals surface area contributed by atoms with Crippen LogP contribution in [0.4, 0.5) is 4.79 Å². The average molecular weight is 310 g/mol. The number of hydrogen-bond acceptors (Lipinski definition) is 5.